The monoisotopic (exact) mass is 1430 g/mol. The topological polar surface area (TPSA) is 388 Å². The number of hydrogen-bond donors (Lipinski definition) is 1. The molecule has 30 nitrogen and oxygen atoms in total. The van der Waals surface area contributed by atoms with Gasteiger partial charge in [0.2, 0.25) is 5.24 Å². The predicted octanol–water partition coefficient (Wildman–Crippen LogP) is 10.8. The quantitative estimate of drug-likeness (QED) is 0.00890. The van der Waals surface area contributed by atoms with Gasteiger partial charge in [0.05, 0.1) is 72.3 Å². The zero-order valence-electron chi connectivity index (χ0n) is 52.5. The Labute approximate surface area is 529 Å². The number of hydrogen-bond acceptors (Lipinski definition) is 27. The van der Waals surface area contributed by atoms with Gasteiger partial charge in [0.1, 0.15) is 5.78 Å². The average molecular weight is 1430 g/mol. The van der Waals surface area contributed by atoms with Gasteiger partial charge in [-0.3, -0.25) is 66.6 Å². The molecule has 0 aromatic heterocycles. The fourth-order valence-electron chi connectivity index (χ4n) is 6.64. The molecule has 36 heteroatoms. The lowest BCUT2D eigenvalue weighted by atomic mass is 10.3. The third-order valence-electron chi connectivity index (χ3n) is 10.2. The van der Waals surface area contributed by atoms with Crippen LogP contribution >= 0.6 is 57.9 Å². The minimum atomic E-state index is -4.11. The number of Topliss-reactive ketones (excluding diaryl/α,β-unsaturated/α-hetero) is 1. The zero-order valence-corrected chi connectivity index (χ0v) is 58.4. The summed E-state index contributed by atoms with van der Waals surface area (Å²) in [5, 5.41) is 7.38. The number of unbranched alkanes of at least 4 members (excludes halogenated alkanes) is 1. The molecule has 0 aromatic carbocycles. The van der Waals surface area contributed by atoms with Crippen molar-refractivity contribution in [3.05, 3.63) is 12.2 Å². The van der Waals surface area contributed by atoms with Crippen LogP contribution in [0.2, 0.25) is 0 Å². The van der Waals surface area contributed by atoms with E-state index in [1.165, 1.54) is 12.5 Å². The average Bonchev–Trinajstić information content (AvgIpc) is 1.94. The Morgan fingerprint density at radius 3 is 1.00 bits per heavy atom. The van der Waals surface area contributed by atoms with E-state index >= 15 is 0 Å². The first-order valence-corrected chi connectivity index (χ1v) is 36.4. The van der Waals surface area contributed by atoms with Gasteiger partial charge in [-0.15, -0.1) is 16.7 Å². The van der Waals surface area contributed by atoms with Gasteiger partial charge in [-0.25, -0.2) is 9.59 Å². The van der Waals surface area contributed by atoms with Gasteiger partial charge in [-0.05, 0) is 107 Å². The molecule has 3 heterocycles. The summed E-state index contributed by atoms with van der Waals surface area (Å²) in [6.07, 6.45) is 2.55. The van der Waals surface area contributed by atoms with Crippen LogP contribution in [0.15, 0.2) is 12.2 Å². The van der Waals surface area contributed by atoms with Crippen LogP contribution < -0.4 is 0 Å². The van der Waals surface area contributed by atoms with E-state index in [-0.39, 0.29) is 140 Å². The number of halogens is 2. The molecule has 88 heavy (non-hydrogen) atoms. The lowest BCUT2D eigenvalue weighted by molar-refractivity contribution is -0.197. The van der Waals surface area contributed by atoms with E-state index in [2.05, 4.69) is 27.3 Å². The lowest BCUT2D eigenvalue weighted by Crippen LogP contribution is -2.32. The number of ether oxygens (including phenoxy) is 1. The third kappa shape index (κ3) is 36.3. The molecule has 1 N–H and O–H groups in total. The number of rotatable bonds is 36. The standard InChI is InChI=1S/C19H33NO12P2.C12H26O7P2.C9H13NO4.C4H6BrClO.C4H5NO3.C4H8/c1-5-28-33(25,29-6-2)19(34(26,30-7-3)31-8-4)14-18(24)27-13-9-10-17(23)32-20-15(21)11-12-16(20)22;1-6-16-20(14,17-7-2)12(10-11(5)13)21(15,18-8-3)19-9-4;1-2-3-4-9(13)14-10-7(11)5-6-8(10)12;5-3-1-2-4(6)7;6-3-1-2-4(7)5(3)8;1-4(2)3/h19H,5-14H2,1-4H3;12H,6-10H2,1-5H3;2-6H2,1H3;1-3H2;8H,1-2H2;1H2,2-3H3. The number of imide groups is 3. The Balaban J connectivity index is -0.00000113. The van der Waals surface area contributed by atoms with E-state index in [0.29, 0.717) is 23.0 Å². The minimum Gasteiger partial charge on any atom is -0.466 e. The molecule has 0 unspecified atom stereocenters. The van der Waals surface area contributed by atoms with Crippen molar-refractivity contribution >= 4 is 122 Å². The van der Waals surface area contributed by atoms with Gasteiger partial charge in [-0.2, -0.15) is 5.06 Å². The van der Waals surface area contributed by atoms with Crippen LogP contribution in [0.5, 0.6) is 0 Å². The highest BCUT2D eigenvalue weighted by Crippen LogP contribution is 2.72. The van der Waals surface area contributed by atoms with Crippen LogP contribution in [0.25, 0.3) is 0 Å². The summed E-state index contributed by atoms with van der Waals surface area (Å²) in [7, 11) is -15.8. The van der Waals surface area contributed by atoms with Gasteiger partial charge in [-0.1, -0.05) is 34.8 Å². The largest absolute Gasteiger partial charge is 0.466 e. The number of hydroxylamine groups is 6. The number of allylic oxidation sites excluding steroid dienone is 1. The minimum absolute atomic E-state index is 0.0222. The molecule has 3 aliphatic heterocycles. The van der Waals surface area contributed by atoms with Crippen LogP contribution in [0, 0.1) is 0 Å². The van der Waals surface area contributed by atoms with Gasteiger partial charge in [0.15, 0.2) is 10.8 Å². The molecule has 0 aromatic rings. The van der Waals surface area contributed by atoms with E-state index < -0.39 is 101 Å². The summed E-state index contributed by atoms with van der Waals surface area (Å²) < 4.78 is 99.7. The molecule has 3 saturated heterocycles. The number of carbonyl (C=O) groups is 11. The Bertz CT molecular complexity index is 2300. The van der Waals surface area contributed by atoms with Crippen LogP contribution in [-0.2, 0) is 122 Å². The molecule has 0 spiro atoms. The van der Waals surface area contributed by atoms with Crippen molar-refractivity contribution in [2.45, 2.75) is 190 Å². The Morgan fingerprint density at radius 2 is 0.773 bits per heavy atom. The molecule has 6 amide bonds. The number of amides is 6. The second-order valence-corrected chi connectivity index (χ2v) is 29.0. The lowest BCUT2D eigenvalue weighted by Gasteiger charge is -2.30. The maximum absolute atomic E-state index is 13.4. The fraction of sp³-hybridized carbons (Fsp3) is 0.750. The second-order valence-electron chi connectivity index (χ2n) is 18.0. The van der Waals surface area contributed by atoms with Crippen LogP contribution in [-0.4, -0.2) is 160 Å². The number of ketones is 1. The number of alkyl halides is 1. The molecule has 3 aliphatic rings. The Kier molecular flexibility index (Phi) is 49.2. The van der Waals surface area contributed by atoms with Crippen molar-refractivity contribution in [1.29, 1.82) is 0 Å². The van der Waals surface area contributed by atoms with E-state index in [4.69, 9.17) is 62.6 Å². The van der Waals surface area contributed by atoms with E-state index in [9.17, 15) is 71.0 Å². The van der Waals surface area contributed by atoms with Crippen LogP contribution in [0.4, 0.5) is 0 Å². The molecule has 0 aliphatic carbocycles. The Hall–Kier alpha value is -3.76. The highest BCUT2D eigenvalue weighted by molar-refractivity contribution is 9.09. The number of nitrogens with zero attached hydrogens (tertiary/aromatic N) is 3. The third-order valence-corrected chi connectivity index (χ3v) is 22.9. The van der Waals surface area contributed by atoms with E-state index in [1.54, 1.807) is 55.4 Å². The fourth-order valence-corrected chi connectivity index (χ4v) is 17.7. The first-order chi connectivity index (χ1) is 41.2. The molecule has 0 saturated carbocycles. The molecule has 3 rings (SSSR count). The van der Waals surface area contributed by atoms with Crippen molar-refractivity contribution in [2.24, 2.45) is 0 Å². The van der Waals surface area contributed by atoms with Gasteiger partial charge < -0.3 is 50.6 Å². The summed E-state index contributed by atoms with van der Waals surface area (Å²) >= 11 is 8.16. The van der Waals surface area contributed by atoms with Crippen molar-refractivity contribution in [3.63, 3.8) is 0 Å². The van der Waals surface area contributed by atoms with E-state index in [0.717, 1.165) is 18.2 Å². The van der Waals surface area contributed by atoms with Crippen molar-refractivity contribution in [3.8, 4) is 0 Å². The molecule has 0 atom stereocenters. The highest BCUT2D eigenvalue weighted by atomic mass is 79.9. The molecular weight excluding hydrogens is 1340 g/mol. The van der Waals surface area contributed by atoms with Crippen LogP contribution in [0.3, 0.4) is 0 Å². The first kappa shape index (κ1) is 88.4. The summed E-state index contributed by atoms with van der Waals surface area (Å²) in [6, 6.07) is 0. The number of esters is 1. The summed E-state index contributed by atoms with van der Waals surface area (Å²) in [5.74, 6) is -5.61. The smallest absolute Gasteiger partial charge is 0.346 e. The Morgan fingerprint density at radius 1 is 0.489 bits per heavy atom. The molecular formula is C52H91BrClN3O27P4. The maximum Gasteiger partial charge on any atom is 0.346 e. The SMILES string of the molecule is C=C(C)C.CCCCC(=O)ON1C(=O)CCC1=O.CCOP(=O)(OCC)C(CC(=O)OCCCC(=O)ON1C(=O)CCC1=O)P(=O)(OCC)OCC.CCOP(=O)(OCC)C(CC(C)=O)P(=O)(OCC)OCC.O=C(Cl)CCCBr.O=C1CCC(=O)N1O. The molecule has 510 valence electrons. The number of carbonyl (C=O) groups excluding carboxylic acids is 11. The zero-order chi connectivity index (χ0) is 68.3. The first-order valence-electron chi connectivity index (χ1n) is 28.5. The van der Waals surface area contributed by atoms with Gasteiger partial charge in [0.25, 0.3) is 35.4 Å². The molecule has 3 fully saturated rings. The second kappa shape index (κ2) is 49.0. The van der Waals surface area contributed by atoms with Crippen molar-refractivity contribution < 1.29 is 127 Å². The van der Waals surface area contributed by atoms with Crippen molar-refractivity contribution in [2.75, 3.05) is 64.8 Å². The predicted molar refractivity (Wildman–Crippen MR) is 322 cm³/mol. The van der Waals surface area contributed by atoms with Gasteiger partial charge in [0, 0.05) is 63.1 Å². The summed E-state index contributed by atoms with van der Waals surface area (Å²) in [5.41, 5.74) is 1.17. The van der Waals surface area contributed by atoms with Gasteiger partial charge >= 0.3 is 48.3 Å². The molecule has 0 bridgehead atoms. The normalized spacial score (nSPS) is 14.2. The van der Waals surface area contributed by atoms with Crippen LogP contribution in [0.1, 0.15) is 179 Å². The molecule has 0 radical (unpaired) electrons. The van der Waals surface area contributed by atoms with Crippen molar-refractivity contribution in [1.82, 2.24) is 15.2 Å². The summed E-state index contributed by atoms with van der Waals surface area (Å²) in [6.45, 7) is 23.6. The summed E-state index contributed by atoms with van der Waals surface area (Å²) in [4.78, 5) is 132. The highest BCUT2D eigenvalue weighted by Gasteiger charge is 2.53. The maximum atomic E-state index is 13.4. The van der Waals surface area contributed by atoms with E-state index in [1.807, 2.05) is 20.8 Å².